The molecule has 1 nitrogen and oxygen atoms in total. The van der Waals surface area contributed by atoms with Gasteiger partial charge in [-0.3, -0.25) is 0 Å². The third-order valence-electron chi connectivity index (χ3n) is 1.18. The number of terminal acetylenes is 1. The van der Waals surface area contributed by atoms with Crippen molar-refractivity contribution in [1.82, 2.24) is 5.32 Å². The maximum atomic E-state index is 5.07. The third kappa shape index (κ3) is 7.26. The van der Waals surface area contributed by atoms with E-state index in [0.29, 0.717) is 0 Å². The molecule has 0 bridgehead atoms. The van der Waals surface area contributed by atoms with Crippen LogP contribution in [0.5, 0.6) is 0 Å². The van der Waals surface area contributed by atoms with E-state index in [1.165, 1.54) is 0 Å². The summed E-state index contributed by atoms with van der Waals surface area (Å²) >= 11 is 0. The van der Waals surface area contributed by atoms with E-state index in [1.807, 2.05) is 7.05 Å². The Labute approximate surface area is 63.5 Å². The van der Waals surface area contributed by atoms with Gasteiger partial charge < -0.3 is 5.32 Å². The molecule has 0 saturated heterocycles. The SMILES string of the molecule is C#CCCC=CCCNC. The highest BCUT2D eigenvalue weighted by atomic mass is 14.8. The van der Waals surface area contributed by atoms with Gasteiger partial charge >= 0.3 is 0 Å². The topological polar surface area (TPSA) is 12.0 Å². The van der Waals surface area contributed by atoms with E-state index in [1.54, 1.807) is 0 Å². The summed E-state index contributed by atoms with van der Waals surface area (Å²) in [6.07, 6.45) is 12.3. The molecule has 0 rings (SSSR count). The summed E-state index contributed by atoms with van der Waals surface area (Å²) in [4.78, 5) is 0. The Hall–Kier alpha value is -0.740. The van der Waals surface area contributed by atoms with E-state index in [2.05, 4.69) is 23.4 Å². The van der Waals surface area contributed by atoms with E-state index in [9.17, 15) is 0 Å². The molecule has 0 aliphatic heterocycles. The van der Waals surface area contributed by atoms with Crippen LogP contribution in [0.15, 0.2) is 12.2 Å². The fourth-order valence-electron chi connectivity index (χ4n) is 0.630. The molecule has 1 heteroatoms. The first-order chi connectivity index (χ1) is 4.91. The highest BCUT2D eigenvalue weighted by molar-refractivity contribution is 4.90. The standard InChI is InChI=1S/C9H15N/c1-3-4-5-6-7-8-9-10-2/h1,6-7,10H,4-5,8-9H2,2H3. The molecule has 10 heavy (non-hydrogen) atoms. The van der Waals surface area contributed by atoms with Gasteiger partial charge in [-0.05, 0) is 26.4 Å². The summed E-state index contributed by atoms with van der Waals surface area (Å²) < 4.78 is 0. The minimum absolute atomic E-state index is 0.857. The molecule has 1 N–H and O–H groups in total. The Bertz CT molecular complexity index is 119. The summed E-state index contributed by atoms with van der Waals surface area (Å²) in [5.74, 6) is 2.59. The Morgan fingerprint density at radius 1 is 1.40 bits per heavy atom. The molecule has 0 aromatic heterocycles. The molecule has 0 unspecified atom stereocenters. The molecule has 0 aromatic carbocycles. The van der Waals surface area contributed by atoms with E-state index < -0.39 is 0 Å². The van der Waals surface area contributed by atoms with E-state index >= 15 is 0 Å². The van der Waals surface area contributed by atoms with Crippen LogP contribution in [0, 0.1) is 12.3 Å². The second kappa shape index (κ2) is 8.26. The Morgan fingerprint density at radius 2 is 2.10 bits per heavy atom. The molecule has 56 valence electrons. The quantitative estimate of drug-likeness (QED) is 0.344. The minimum atomic E-state index is 0.857. The second-order valence-electron chi connectivity index (χ2n) is 2.11. The van der Waals surface area contributed by atoms with Crippen molar-refractivity contribution in [2.45, 2.75) is 19.3 Å². The van der Waals surface area contributed by atoms with Crippen LogP contribution in [0.4, 0.5) is 0 Å². The number of unbranched alkanes of at least 4 members (excludes halogenated alkanes) is 1. The molecule has 0 aromatic rings. The molecule has 0 heterocycles. The van der Waals surface area contributed by atoms with Crippen LogP contribution in [0.2, 0.25) is 0 Å². The number of allylic oxidation sites excluding steroid dienone is 1. The van der Waals surface area contributed by atoms with Crippen molar-refractivity contribution in [3.8, 4) is 12.3 Å². The highest BCUT2D eigenvalue weighted by Crippen LogP contribution is 1.89. The molecular formula is C9H15N. The summed E-state index contributed by atoms with van der Waals surface area (Å²) in [6, 6.07) is 0. The lowest BCUT2D eigenvalue weighted by atomic mass is 10.3. The van der Waals surface area contributed by atoms with Gasteiger partial charge in [0, 0.05) is 6.42 Å². The molecule has 0 saturated carbocycles. The highest BCUT2D eigenvalue weighted by Gasteiger charge is 1.76. The Balaban J connectivity index is 2.98. The molecule has 0 spiro atoms. The van der Waals surface area contributed by atoms with Gasteiger partial charge in [-0.25, -0.2) is 0 Å². The Morgan fingerprint density at radius 3 is 2.70 bits per heavy atom. The predicted molar refractivity (Wildman–Crippen MR) is 45.8 cm³/mol. The van der Waals surface area contributed by atoms with Crippen LogP contribution in [0.1, 0.15) is 19.3 Å². The third-order valence-corrected chi connectivity index (χ3v) is 1.18. The first-order valence-electron chi connectivity index (χ1n) is 3.65. The zero-order valence-electron chi connectivity index (χ0n) is 6.56. The lowest BCUT2D eigenvalue weighted by Crippen LogP contribution is -2.05. The van der Waals surface area contributed by atoms with E-state index in [-0.39, 0.29) is 0 Å². The molecule has 0 fully saturated rings. The number of rotatable bonds is 5. The van der Waals surface area contributed by atoms with Crippen molar-refractivity contribution in [3.63, 3.8) is 0 Å². The molecule has 0 aliphatic rings. The fourth-order valence-corrected chi connectivity index (χ4v) is 0.630. The van der Waals surface area contributed by atoms with Crippen LogP contribution in [0.3, 0.4) is 0 Å². The largest absolute Gasteiger partial charge is 0.319 e. The van der Waals surface area contributed by atoms with Gasteiger partial charge in [0.05, 0.1) is 0 Å². The first-order valence-corrected chi connectivity index (χ1v) is 3.65. The molecule has 0 aliphatic carbocycles. The maximum absolute atomic E-state index is 5.07. The van der Waals surface area contributed by atoms with Gasteiger partial charge in [-0.15, -0.1) is 12.3 Å². The van der Waals surface area contributed by atoms with Crippen molar-refractivity contribution in [3.05, 3.63) is 12.2 Å². The van der Waals surface area contributed by atoms with Crippen LogP contribution < -0.4 is 5.32 Å². The summed E-state index contributed by atoms with van der Waals surface area (Å²) in [7, 11) is 1.95. The molecule has 0 amide bonds. The normalized spacial score (nSPS) is 10.0. The summed E-state index contributed by atoms with van der Waals surface area (Å²) in [6.45, 7) is 1.05. The minimum Gasteiger partial charge on any atom is -0.319 e. The van der Waals surface area contributed by atoms with Gasteiger partial charge in [0.15, 0.2) is 0 Å². The van der Waals surface area contributed by atoms with Crippen molar-refractivity contribution < 1.29 is 0 Å². The molecule has 0 radical (unpaired) electrons. The average molecular weight is 137 g/mol. The lowest BCUT2D eigenvalue weighted by Gasteiger charge is -1.89. The number of hydrogen-bond acceptors (Lipinski definition) is 1. The van der Waals surface area contributed by atoms with Crippen LogP contribution >= 0.6 is 0 Å². The van der Waals surface area contributed by atoms with Gasteiger partial charge in [0.25, 0.3) is 0 Å². The Kier molecular flexibility index (Phi) is 7.65. The molecule has 0 atom stereocenters. The number of nitrogens with one attached hydrogen (secondary N) is 1. The van der Waals surface area contributed by atoms with Crippen molar-refractivity contribution in [2.75, 3.05) is 13.6 Å². The zero-order valence-corrected chi connectivity index (χ0v) is 6.56. The second-order valence-corrected chi connectivity index (χ2v) is 2.11. The van der Waals surface area contributed by atoms with E-state index in [4.69, 9.17) is 6.42 Å². The van der Waals surface area contributed by atoms with Crippen molar-refractivity contribution in [2.24, 2.45) is 0 Å². The van der Waals surface area contributed by atoms with Crippen molar-refractivity contribution >= 4 is 0 Å². The summed E-state index contributed by atoms with van der Waals surface area (Å²) in [5, 5.41) is 3.07. The lowest BCUT2D eigenvalue weighted by molar-refractivity contribution is 0.805. The van der Waals surface area contributed by atoms with Gasteiger partial charge in [-0.1, -0.05) is 12.2 Å². The maximum Gasteiger partial charge on any atom is 0.0121 e. The predicted octanol–water partition coefficient (Wildman–Crippen LogP) is 1.57. The smallest absolute Gasteiger partial charge is 0.0121 e. The zero-order chi connectivity index (χ0) is 7.66. The van der Waals surface area contributed by atoms with Crippen molar-refractivity contribution in [1.29, 1.82) is 0 Å². The summed E-state index contributed by atoms with van der Waals surface area (Å²) in [5.41, 5.74) is 0. The van der Waals surface area contributed by atoms with Crippen LogP contribution in [0.25, 0.3) is 0 Å². The number of hydrogen-bond donors (Lipinski definition) is 1. The average Bonchev–Trinajstić information content (AvgIpc) is 1.97. The first kappa shape index (κ1) is 9.26. The monoisotopic (exact) mass is 137 g/mol. The fraction of sp³-hybridized carbons (Fsp3) is 0.556. The van der Waals surface area contributed by atoms with Gasteiger partial charge in [0.1, 0.15) is 0 Å². The van der Waals surface area contributed by atoms with Gasteiger partial charge in [0.2, 0.25) is 0 Å². The van der Waals surface area contributed by atoms with E-state index in [0.717, 1.165) is 25.8 Å². The van der Waals surface area contributed by atoms with Crippen LogP contribution in [-0.4, -0.2) is 13.6 Å². The van der Waals surface area contributed by atoms with Gasteiger partial charge in [-0.2, -0.15) is 0 Å². The molecular weight excluding hydrogens is 122 g/mol. The van der Waals surface area contributed by atoms with Crippen LogP contribution in [-0.2, 0) is 0 Å².